The molecule has 1 aliphatic heterocycles. The molecule has 0 saturated carbocycles. The first kappa shape index (κ1) is 27.0. The lowest BCUT2D eigenvalue weighted by molar-refractivity contribution is -0.0149. The highest BCUT2D eigenvalue weighted by Gasteiger charge is 2.23. The summed E-state index contributed by atoms with van der Waals surface area (Å²) in [5.74, 6) is 0.811. The highest BCUT2D eigenvalue weighted by molar-refractivity contribution is 14.0. The second-order valence-electron chi connectivity index (χ2n) is 8.71. The van der Waals surface area contributed by atoms with Crippen molar-refractivity contribution in [1.29, 1.82) is 0 Å². The van der Waals surface area contributed by atoms with E-state index < -0.39 is 0 Å². The number of ether oxygens (including phenoxy) is 2. The van der Waals surface area contributed by atoms with Crippen molar-refractivity contribution >= 4 is 41.3 Å². The van der Waals surface area contributed by atoms with Gasteiger partial charge in [0, 0.05) is 38.1 Å². The molecular weight excluding hydrogens is 535 g/mol. The van der Waals surface area contributed by atoms with Crippen molar-refractivity contribution in [2.75, 3.05) is 39.9 Å². The number of hydrogen-bond donors (Lipinski definition) is 2. The summed E-state index contributed by atoms with van der Waals surface area (Å²) in [6, 6.07) is 13.2. The lowest BCUT2D eigenvalue weighted by Crippen LogP contribution is -2.46. The molecule has 0 spiro atoms. The molecule has 0 radical (unpaired) electrons. The van der Waals surface area contributed by atoms with Gasteiger partial charge in [-0.1, -0.05) is 30.3 Å². The van der Waals surface area contributed by atoms with E-state index in [0.717, 1.165) is 38.8 Å². The molecule has 1 atom stereocenters. The van der Waals surface area contributed by atoms with E-state index in [1.54, 1.807) is 0 Å². The lowest BCUT2D eigenvalue weighted by Gasteiger charge is -2.34. The number of benzene rings is 1. The van der Waals surface area contributed by atoms with Crippen LogP contribution < -0.4 is 10.6 Å². The molecule has 1 aliphatic rings. The number of aliphatic imine (C=N–C) groups is 1. The van der Waals surface area contributed by atoms with Crippen LogP contribution in [0.2, 0.25) is 0 Å². The molecule has 1 aromatic heterocycles. The van der Waals surface area contributed by atoms with E-state index in [1.165, 1.54) is 16.0 Å². The molecule has 8 heteroatoms. The number of hydrogen-bond acceptors (Lipinski definition) is 5. The van der Waals surface area contributed by atoms with Crippen LogP contribution in [0.4, 0.5) is 0 Å². The molecule has 2 heterocycles. The number of thiophene rings is 1. The number of halogens is 1. The van der Waals surface area contributed by atoms with E-state index in [1.807, 2.05) is 18.4 Å². The average Bonchev–Trinajstić information content (AvgIpc) is 3.30. The molecule has 1 aromatic carbocycles. The summed E-state index contributed by atoms with van der Waals surface area (Å²) >= 11 is 1.81. The topological polar surface area (TPSA) is 58.1 Å². The molecular formula is C24H37IN4O2S. The van der Waals surface area contributed by atoms with Gasteiger partial charge in [0.15, 0.2) is 5.96 Å². The first-order valence-electron chi connectivity index (χ1n) is 11.0. The average molecular weight is 573 g/mol. The monoisotopic (exact) mass is 572 g/mol. The Morgan fingerprint density at radius 2 is 1.91 bits per heavy atom. The van der Waals surface area contributed by atoms with Gasteiger partial charge in [0.05, 0.1) is 31.5 Å². The van der Waals surface area contributed by atoms with Gasteiger partial charge >= 0.3 is 0 Å². The zero-order chi connectivity index (χ0) is 22.1. The first-order chi connectivity index (χ1) is 14.9. The van der Waals surface area contributed by atoms with Gasteiger partial charge in [0.2, 0.25) is 0 Å². The molecule has 1 unspecified atom stereocenters. The van der Waals surface area contributed by atoms with Gasteiger partial charge in [-0.2, -0.15) is 0 Å². The van der Waals surface area contributed by atoms with Crippen LogP contribution in [-0.2, 0) is 22.6 Å². The van der Waals surface area contributed by atoms with Crippen LogP contribution in [0.25, 0.3) is 0 Å². The molecule has 0 bridgehead atoms. The van der Waals surface area contributed by atoms with Crippen molar-refractivity contribution in [1.82, 2.24) is 15.5 Å². The van der Waals surface area contributed by atoms with Crippen LogP contribution in [0.5, 0.6) is 0 Å². The Labute approximate surface area is 213 Å². The van der Waals surface area contributed by atoms with E-state index in [2.05, 4.69) is 83.1 Å². The standard InChI is InChI=1S/C24H36N4O2S.HI/c1-24(2,3)30-18-20-8-5-7-19(15-20)16-26-23(25-4)27-17-21(22-9-6-14-31-22)28-10-12-29-13-11-28;/h5-9,14-15,21H,10-13,16-18H2,1-4H3,(H2,25,26,27);1H. The number of nitrogens with one attached hydrogen (secondary N) is 2. The van der Waals surface area contributed by atoms with Crippen LogP contribution in [0, 0.1) is 0 Å². The molecule has 2 N–H and O–H groups in total. The van der Waals surface area contributed by atoms with E-state index in [4.69, 9.17) is 9.47 Å². The van der Waals surface area contributed by atoms with Gasteiger partial charge in [0.25, 0.3) is 0 Å². The Hall–Kier alpha value is -1.20. The van der Waals surface area contributed by atoms with Crippen LogP contribution >= 0.6 is 35.3 Å². The summed E-state index contributed by atoms with van der Waals surface area (Å²) in [4.78, 5) is 8.29. The molecule has 0 amide bonds. The highest BCUT2D eigenvalue weighted by atomic mass is 127. The second-order valence-corrected chi connectivity index (χ2v) is 9.69. The molecule has 1 fully saturated rings. The summed E-state index contributed by atoms with van der Waals surface area (Å²) in [6.07, 6.45) is 0. The SMILES string of the molecule is CN=C(NCc1cccc(COC(C)(C)C)c1)NCC(c1cccs1)N1CCOCC1.I. The third-order valence-corrected chi connectivity index (χ3v) is 6.14. The number of morpholine rings is 1. The van der Waals surface area contributed by atoms with Crippen LogP contribution in [0.3, 0.4) is 0 Å². The fourth-order valence-electron chi connectivity index (χ4n) is 3.51. The summed E-state index contributed by atoms with van der Waals surface area (Å²) < 4.78 is 11.4. The quantitative estimate of drug-likeness (QED) is 0.279. The Morgan fingerprint density at radius 3 is 2.56 bits per heavy atom. The smallest absolute Gasteiger partial charge is 0.191 e. The number of rotatable bonds is 8. The summed E-state index contributed by atoms with van der Waals surface area (Å²) in [5.41, 5.74) is 2.25. The Morgan fingerprint density at radius 1 is 1.16 bits per heavy atom. The number of guanidine groups is 1. The Bertz CT molecular complexity index is 818. The van der Waals surface area contributed by atoms with Crippen molar-refractivity contribution in [2.24, 2.45) is 4.99 Å². The maximum absolute atomic E-state index is 5.91. The lowest BCUT2D eigenvalue weighted by atomic mass is 10.1. The van der Waals surface area contributed by atoms with Crippen LogP contribution in [0.15, 0.2) is 46.8 Å². The van der Waals surface area contributed by atoms with Gasteiger partial charge in [-0.05, 0) is 43.3 Å². The van der Waals surface area contributed by atoms with Gasteiger partial charge in [-0.25, -0.2) is 0 Å². The van der Waals surface area contributed by atoms with E-state index in [0.29, 0.717) is 19.2 Å². The maximum Gasteiger partial charge on any atom is 0.191 e. The minimum atomic E-state index is -0.139. The van der Waals surface area contributed by atoms with Gasteiger partial charge in [-0.15, -0.1) is 35.3 Å². The largest absolute Gasteiger partial charge is 0.379 e. The fraction of sp³-hybridized carbons (Fsp3) is 0.542. The van der Waals surface area contributed by atoms with Crippen molar-refractivity contribution in [3.05, 3.63) is 57.8 Å². The van der Waals surface area contributed by atoms with E-state index >= 15 is 0 Å². The van der Waals surface area contributed by atoms with Gasteiger partial charge < -0.3 is 20.1 Å². The summed E-state index contributed by atoms with van der Waals surface area (Å²) in [6.45, 7) is 11.9. The fourth-order valence-corrected chi connectivity index (χ4v) is 4.37. The van der Waals surface area contributed by atoms with E-state index in [9.17, 15) is 0 Å². The first-order valence-corrected chi connectivity index (χ1v) is 11.8. The van der Waals surface area contributed by atoms with Crippen molar-refractivity contribution < 1.29 is 9.47 Å². The maximum atomic E-state index is 5.91. The van der Waals surface area contributed by atoms with Crippen LogP contribution in [-0.4, -0.2) is 56.4 Å². The highest BCUT2D eigenvalue weighted by Crippen LogP contribution is 2.25. The minimum absolute atomic E-state index is 0. The molecule has 2 aromatic rings. The van der Waals surface area contributed by atoms with Gasteiger partial charge in [-0.3, -0.25) is 9.89 Å². The molecule has 3 rings (SSSR count). The Kier molecular flexibility index (Phi) is 11.4. The molecule has 6 nitrogen and oxygen atoms in total. The Balaban J connectivity index is 0.00000363. The predicted molar refractivity (Wildman–Crippen MR) is 144 cm³/mol. The molecule has 1 saturated heterocycles. The summed E-state index contributed by atoms with van der Waals surface area (Å²) in [7, 11) is 1.82. The van der Waals surface area contributed by atoms with Gasteiger partial charge in [0.1, 0.15) is 0 Å². The predicted octanol–water partition coefficient (Wildman–Crippen LogP) is 4.42. The third kappa shape index (κ3) is 8.97. The molecule has 0 aliphatic carbocycles. The molecule has 178 valence electrons. The van der Waals surface area contributed by atoms with E-state index in [-0.39, 0.29) is 29.6 Å². The third-order valence-electron chi connectivity index (χ3n) is 5.17. The van der Waals surface area contributed by atoms with Crippen molar-refractivity contribution in [3.8, 4) is 0 Å². The van der Waals surface area contributed by atoms with Crippen molar-refractivity contribution in [3.63, 3.8) is 0 Å². The number of nitrogens with zero attached hydrogens (tertiary/aromatic N) is 2. The zero-order valence-electron chi connectivity index (χ0n) is 19.6. The van der Waals surface area contributed by atoms with Crippen molar-refractivity contribution in [2.45, 2.75) is 45.6 Å². The second kappa shape index (κ2) is 13.5. The zero-order valence-corrected chi connectivity index (χ0v) is 22.7. The molecule has 32 heavy (non-hydrogen) atoms. The van der Waals surface area contributed by atoms with Crippen LogP contribution in [0.1, 0.15) is 42.8 Å². The normalized spacial score (nSPS) is 16.3. The minimum Gasteiger partial charge on any atom is -0.379 e. The summed E-state index contributed by atoms with van der Waals surface area (Å²) in [5, 5.41) is 9.12.